The van der Waals surface area contributed by atoms with Crippen molar-refractivity contribution in [2.24, 2.45) is 5.92 Å². The molecule has 0 bridgehead atoms. The molecule has 6 nitrogen and oxygen atoms in total. The van der Waals surface area contributed by atoms with E-state index in [1.807, 2.05) is 13.0 Å². The molecule has 8 heteroatoms. The zero-order valence-electron chi connectivity index (χ0n) is 17.5. The number of anilines is 1. The molecule has 0 radical (unpaired) electrons. The van der Waals surface area contributed by atoms with Gasteiger partial charge in [-0.1, -0.05) is 46.3 Å². The Labute approximate surface area is 198 Å². The molecule has 3 atom stereocenters. The van der Waals surface area contributed by atoms with Crippen LogP contribution in [-0.4, -0.2) is 28.8 Å². The molecule has 0 aliphatic carbocycles. The predicted octanol–water partition coefficient (Wildman–Crippen LogP) is 4.16. The molecule has 0 unspecified atom stereocenters. The predicted molar refractivity (Wildman–Crippen MR) is 124 cm³/mol. The van der Waals surface area contributed by atoms with Crippen LogP contribution in [0.2, 0.25) is 0 Å². The highest BCUT2D eigenvalue weighted by atomic mass is 79.9. The van der Waals surface area contributed by atoms with E-state index in [2.05, 4.69) is 21.4 Å². The number of hydrazine groups is 1. The standard InChI is InChI=1S/C25H19BrFN3O3/c1-14-4-2-7-19(12-14)29-24(32)20-21(15-8-10-18(27)11-9-15)28-30(22(20)25(29)33)23(31)16-5-3-6-17(26)13-16/h2-13,20-22,28H,1H3/t20-,21-,22-/m1/s1. The van der Waals surface area contributed by atoms with Crippen LogP contribution >= 0.6 is 15.9 Å². The van der Waals surface area contributed by atoms with Gasteiger partial charge in [-0.25, -0.2) is 14.7 Å². The average Bonchev–Trinajstić information content (AvgIpc) is 3.30. The van der Waals surface area contributed by atoms with Gasteiger partial charge in [-0.15, -0.1) is 0 Å². The molecule has 0 aromatic heterocycles. The third-order valence-electron chi connectivity index (χ3n) is 6.01. The van der Waals surface area contributed by atoms with Gasteiger partial charge in [0.1, 0.15) is 11.9 Å². The topological polar surface area (TPSA) is 69.7 Å². The summed E-state index contributed by atoms with van der Waals surface area (Å²) in [5.41, 5.74) is 5.42. The van der Waals surface area contributed by atoms with E-state index < -0.39 is 41.5 Å². The van der Waals surface area contributed by atoms with Crippen LogP contribution in [-0.2, 0) is 9.59 Å². The van der Waals surface area contributed by atoms with E-state index >= 15 is 0 Å². The number of benzene rings is 3. The van der Waals surface area contributed by atoms with E-state index in [0.717, 1.165) is 14.9 Å². The van der Waals surface area contributed by atoms with Gasteiger partial charge in [0, 0.05) is 10.0 Å². The average molecular weight is 508 g/mol. The Hall–Kier alpha value is -3.36. The van der Waals surface area contributed by atoms with E-state index in [4.69, 9.17) is 0 Å². The number of rotatable bonds is 3. The zero-order chi connectivity index (χ0) is 23.3. The highest BCUT2D eigenvalue weighted by Crippen LogP contribution is 2.42. The Kier molecular flexibility index (Phi) is 5.34. The second-order valence-corrected chi connectivity index (χ2v) is 9.08. The molecule has 2 aliphatic heterocycles. The Morgan fingerprint density at radius 2 is 1.70 bits per heavy atom. The van der Waals surface area contributed by atoms with E-state index in [1.54, 1.807) is 54.6 Å². The first-order valence-corrected chi connectivity index (χ1v) is 11.2. The first-order chi connectivity index (χ1) is 15.8. The lowest BCUT2D eigenvalue weighted by atomic mass is 9.91. The van der Waals surface area contributed by atoms with Gasteiger partial charge in [0.25, 0.3) is 11.8 Å². The van der Waals surface area contributed by atoms with Crippen molar-refractivity contribution in [1.82, 2.24) is 10.4 Å². The molecule has 3 amide bonds. The number of nitrogens with zero attached hydrogens (tertiary/aromatic N) is 2. The van der Waals surface area contributed by atoms with E-state index in [1.165, 1.54) is 17.1 Å². The van der Waals surface area contributed by atoms with Crippen LogP contribution in [0.4, 0.5) is 10.1 Å². The molecule has 33 heavy (non-hydrogen) atoms. The van der Waals surface area contributed by atoms with E-state index in [9.17, 15) is 18.8 Å². The van der Waals surface area contributed by atoms with Gasteiger partial charge < -0.3 is 0 Å². The van der Waals surface area contributed by atoms with Crippen molar-refractivity contribution in [3.63, 3.8) is 0 Å². The molecule has 166 valence electrons. The fourth-order valence-corrected chi connectivity index (χ4v) is 4.90. The summed E-state index contributed by atoms with van der Waals surface area (Å²) in [5.74, 6) is -2.56. The lowest BCUT2D eigenvalue weighted by molar-refractivity contribution is -0.123. The molecule has 0 saturated carbocycles. The maximum atomic E-state index is 13.6. The third-order valence-corrected chi connectivity index (χ3v) is 6.51. The van der Waals surface area contributed by atoms with Crippen molar-refractivity contribution in [1.29, 1.82) is 0 Å². The molecular formula is C25H19BrFN3O3. The number of aryl methyl sites for hydroxylation is 1. The second-order valence-electron chi connectivity index (χ2n) is 8.17. The molecule has 2 fully saturated rings. The van der Waals surface area contributed by atoms with E-state index in [0.29, 0.717) is 16.8 Å². The number of carbonyl (C=O) groups is 3. The first kappa shape index (κ1) is 21.5. The first-order valence-electron chi connectivity index (χ1n) is 10.4. The number of amides is 3. The number of halogens is 2. The van der Waals surface area contributed by atoms with Crippen molar-refractivity contribution in [2.45, 2.75) is 19.0 Å². The number of fused-ring (bicyclic) bond motifs is 1. The monoisotopic (exact) mass is 507 g/mol. The van der Waals surface area contributed by atoms with Crippen molar-refractivity contribution >= 4 is 39.3 Å². The Morgan fingerprint density at radius 1 is 0.970 bits per heavy atom. The molecule has 0 spiro atoms. The number of imide groups is 1. The van der Waals surface area contributed by atoms with Crippen LogP contribution in [0.5, 0.6) is 0 Å². The summed E-state index contributed by atoms with van der Waals surface area (Å²) in [5, 5.41) is 1.25. The van der Waals surface area contributed by atoms with Gasteiger partial charge in [0.15, 0.2) is 0 Å². The number of hydrogen-bond donors (Lipinski definition) is 1. The second kappa shape index (κ2) is 8.20. The summed E-state index contributed by atoms with van der Waals surface area (Å²) in [7, 11) is 0. The van der Waals surface area contributed by atoms with Crippen LogP contribution < -0.4 is 10.3 Å². The molecule has 3 aromatic rings. The van der Waals surface area contributed by atoms with Crippen molar-refractivity contribution < 1.29 is 18.8 Å². The summed E-state index contributed by atoms with van der Waals surface area (Å²) in [6, 6.07) is 18.0. The van der Waals surface area contributed by atoms with Crippen LogP contribution in [0.25, 0.3) is 0 Å². The summed E-state index contributed by atoms with van der Waals surface area (Å²) >= 11 is 3.36. The number of hydrogen-bond acceptors (Lipinski definition) is 4. The molecule has 2 saturated heterocycles. The zero-order valence-corrected chi connectivity index (χ0v) is 19.1. The molecule has 2 heterocycles. The summed E-state index contributed by atoms with van der Waals surface area (Å²) in [6.07, 6.45) is 0. The van der Waals surface area contributed by atoms with Gasteiger partial charge in [0.2, 0.25) is 5.91 Å². The van der Waals surface area contributed by atoms with Crippen LogP contribution in [0.15, 0.2) is 77.3 Å². The minimum Gasteiger partial charge on any atom is -0.274 e. The van der Waals surface area contributed by atoms with Gasteiger partial charge in [-0.3, -0.25) is 19.4 Å². The van der Waals surface area contributed by atoms with Crippen molar-refractivity contribution in [3.8, 4) is 0 Å². The Bertz CT molecular complexity index is 1280. The van der Waals surface area contributed by atoms with Gasteiger partial charge in [-0.2, -0.15) is 0 Å². The maximum absolute atomic E-state index is 13.6. The quantitative estimate of drug-likeness (QED) is 0.540. The molecule has 5 rings (SSSR count). The van der Waals surface area contributed by atoms with Crippen LogP contribution in [0.3, 0.4) is 0 Å². The Morgan fingerprint density at radius 3 is 2.39 bits per heavy atom. The third kappa shape index (κ3) is 3.65. The normalized spacial score (nSPS) is 22.1. The van der Waals surface area contributed by atoms with Crippen LogP contribution in [0, 0.1) is 18.7 Å². The number of carbonyl (C=O) groups excluding carboxylic acids is 3. The van der Waals surface area contributed by atoms with Gasteiger partial charge >= 0.3 is 0 Å². The summed E-state index contributed by atoms with van der Waals surface area (Å²) < 4.78 is 14.3. The SMILES string of the molecule is Cc1cccc(N2C(=O)[C@@H]3[C@@H](c4ccc(F)cc4)NN(C(=O)c4cccc(Br)c4)[C@H]3C2=O)c1. The fourth-order valence-electron chi connectivity index (χ4n) is 4.50. The summed E-state index contributed by atoms with van der Waals surface area (Å²) in [4.78, 5) is 41.7. The lowest BCUT2D eigenvalue weighted by Crippen LogP contribution is -2.48. The molecule has 1 N–H and O–H groups in total. The van der Waals surface area contributed by atoms with Crippen molar-refractivity contribution in [2.75, 3.05) is 4.90 Å². The van der Waals surface area contributed by atoms with Crippen molar-refractivity contribution in [3.05, 3.63) is 99.8 Å². The van der Waals surface area contributed by atoms with Gasteiger partial charge in [-0.05, 0) is 60.5 Å². The van der Waals surface area contributed by atoms with E-state index in [-0.39, 0.29) is 0 Å². The minimum atomic E-state index is -1.03. The molecular weight excluding hydrogens is 489 g/mol. The fraction of sp³-hybridized carbons (Fsp3) is 0.160. The van der Waals surface area contributed by atoms with Crippen LogP contribution in [0.1, 0.15) is 27.5 Å². The maximum Gasteiger partial charge on any atom is 0.268 e. The van der Waals surface area contributed by atoms with Gasteiger partial charge in [0.05, 0.1) is 17.6 Å². The minimum absolute atomic E-state index is 0.365. The molecule has 2 aliphatic rings. The highest BCUT2D eigenvalue weighted by Gasteiger charge is 2.60. The summed E-state index contributed by atoms with van der Waals surface area (Å²) in [6.45, 7) is 1.88. The largest absolute Gasteiger partial charge is 0.274 e. The molecule has 3 aromatic carbocycles. The number of nitrogens with one attached hydrogen (secondary N) is 1. The smallest absolute Gasteiger partial charge is 0.268 e. The lowest BCUT2D eigenvalue weighted by Gasteiger charge is -2.25. The highest BCUT2D eigenvalue weighted by molar-refractivity contribution is 9.10. The Balaban J connectivity index is 1.59.